The summed E-state index contributed by atoms with van der Waals surface area (Å²) in [7, 11) is 0. The molecule has 0 aliphatic rings. The van der Waals surface area contributed by atoms with Crippen LogP contribution in [0.25, 0.3) is 0 Å². The molecule has 0 bridgehead atoms. The van der Waals surface area contributed by atoms with E-state index in [-0.39, 0.29) is 0 Å². The zero-order chi connectivity index (χ0) is 3.58. The van der Waals surface area contributed by atoms with Gasteiger partial charge in [0.2, 0.25) is 0 Å². The maximum atomic E-state index is 8.83. The van der Waals surface area contributed by atoms with Gasteiger partial charge in [-0.05, 0) is 0 Å². The van der Waals surface area contributed by atoms with E-state index in [1.165, 1.54) is 0 Å². The molecule has 0 N–H and O–H groups in total. The molecule has 0 amide bonds. The van der Waals surface area contributed by atoms with Gasteiger partial charge in [0.25, 0.3) is 0 Å². The Kier molecular flexibility index (Phi) is 1.68. The average molecular weight is 91.0 g/mol. The van der Waals surface area contributed by atoms with Crippen LogP contribution in [0, 0.1) is 10.1 Å². The van der Waals surface area contributed by atoms with Gasteiger partial charge in [-0.3, -0.25) is 0 Å². The van der Waals surface area contributed by atoms with Crippen LogP contribution >= 0.6 is 0 Å². The number of rotatable bonds is 0. The number of nitrogens with zero attached hydrogens (tertiary/aromatic N) is 1. The normalized spacial score (nSPS) is 5.75. The molecule has 0 aromatic heterocycles. The van der Waals surface area contributed by atoms with Crippen LogP contribution in [-0.4, -0.2) is 2.91 Å². The monoisotopic (exact) mass is 90.9 g/mol. The fourth-order valence-electron chi connectivity index (χ4n) is 0. The van der Waals surface area contributed by atoms with Gasteiger partial charge in [-0.15, -0.1) is 0 Å². The summed E-state index contributed by atoms with van der Waals surface area (Å²) in [4.78, 5) is 8.83. The van der Waals surface area contributed by atoms with E-state index >= 15 is 0 Å². The molecule has 0 saturated carbocycles. The molecule has 0 aliphatic carbocycles. The van der Waals surface area contributed by atoms with Gasteiger partial charge in [0.15, 0.2) is 0 Å². The minimum atomic E-state index is -0.438. The molecule has 0 aromatic carbocycles. The van der Waals surface area contributed by atoms with E-state index in [0.717, 1.165) is 0 Å². The Hall–Kier alpha value is 0.270. The molecule has 0 saturated heterocycles. The van der Waals surface area contributed by atoms with Crippen LogP contribution in [0.4, 0.5) is 0 Å². The van der Waals surface area contributed by atoms with E-state index < -0.39 is 2.91 Å². The SMILES string of the molecule is O=[N+]([O-])[Sc]. The van der Waals surface area contributed by atoms with Crippen molar-refractivity contribution in [1.29, 1.82) is 0 Å². The molecule has 20 valence electrons. The van der Waals surface area contributed by atoms with Crippen molar-refractivity contribution in [2.24, 2.45) is 0 Å². The van der Waals surface area contributed by atoms with Crippen LogP contribution in [-0.2, 0) is 24.7 Å². The minimum absolute atomic E-state index is 0.438. The first-order chi connectivity index (χ1) is 1.73. The summed E-state index contributed by atoms with van der Waals surface area (Å²) >= 11 is 0.521. The first kappa shape index (κ1) is 4.27. The number of hydrogen-bond acceptors (Lipinski definition) is 2. The average Bonchev–Trinajstić information content (AvgIpc) is 0.811. The molecule has 0 radical (unpaired) electrons. The molecule has 0 aromatic rings. The molecular formula is NO2Sc. The Balaban J connectivity index is 2.80. The zero-order valence-corrected chi connectivity index (χ0v) is 3.64. The molecule has 0 aliphatic heterocycles. The molecule has 0 heterocycles. The van der Waals surface area contributed by atoms with Gasteiger partial charge >= 0.3 is 37.7 Å². The van der Waals surface area contributed by atoms with Gasteiger partial charge in [0.1, 0.15) is 0 Å². The molecule has 4 heteroatoms. The second-order valence-corrected chi connectivity index (χ2v) is 0.944. The van der Waals surface area contributed by atoms with Crippen molar-refractivity contribution < 1.29 is 27.6 Å². The Morgan fingerprint density at radius 2 is 2.00 bits per heavy atom. The standard InChI is InChI=1S/NO2.Sc/c2-1-3;. The summed E-state index contributed by atoms with van der Waals surface area (Å²) in [5, 5.41) is 8.83. The van der Waals surface area contributed by atoms with E-state index in [1.807, 2.05) is 0 Å². The predicted octanol–water partition coefficient (Wildman–Crippen LogP) is -0.275. The molecule has 0 rings (SSSR count). The Bertz CT molecular complexity index is 29.0. The summed E-state index contributed by atoms with van der Waals surface area (Å²) < 4.78 is -0.438. The van der Waals surface area contributed by atoms with Gasteiger partial charge in [-0.1, -0.05) is 0 Å². The van der Waals surface area contributed by atoms with Gasteiger partial charge in [0, 0.05) is 0 Å². The quantitative estimate of drug-likeness (QED) is 0.304. The molecular weight excluding hydrogens is 91.0 g/mol. The van der Waals surface area contributed by atoms with E-state index in [1.54, 1.807) is 0 Å². The van der Waals surface area contributed by atoms with Gasteiger partial charge in [-0.2, -0.15) is 0 Å². The van der Waals surface area contributed by atoms with Crippen LogP contribution in [0.2, 0.25) is 0 Å². The second kappa shape index (κ2) is 1.58. The van der Waals surface area contributed by atoms with Crippen LogP contribution < -0.4 is 0 Å². The summed E-state index contributed by atoms with van der Waals surface area (Å²) in [5.74, 6) is 0. The van der Waals surface area contributed by atoms with Crippen LogP contribution in [0.3, 0.4) is 0 Å². The molecule has 0 fully saturated rings. The Morgan fingerprint density at radius 1 is 2.00 bits per heavy atom. The van der Waals surface area contributed by atoms with Crippen LogP contribution in [0.5, 0.6) is 0 Å². The molecule has 3 nitrogen and oxygen atoms in total. The summed E-state index contributed by atoms with van der Waals surface area (Å²) in [6.07, 6.45) is 0. The topological polar surface area (TPSA) is 43.1 Å². The van der Waals surface area contributed by atoms with Crippen molar-refractivity contribution in [3.63, 3.8) is 0 Å². The van der Waals surface area contributed by atoms with E-state index in [0.29, 0.717) is 24.7 Å². The predicted molar refractivity (Wildman–Crippen MR) is 6.99 cm³/mol. The van der Waals surface area contributed by atoms with Crippen molar-refractivity contribution >= 4 is 0 Å². The molecule has 0 spiro atoms. The van der Waals surface area contributed by atoms with Crippen molar-refractivity contribution in [2.75, 3.05) is 0 Å². The summed E-state index contributed by atoms with van der Waals surface area (Å²) in [6.45, 7) is 0. The van der Waals surface area contributed by atoms with Crippen molar-refractivity contribution in [3.8, 4) is 0 Å². The van der Waals surface area contributed by atoms with Crippen LogP contribution in [0.15, 0.2) is 0 Å². The number of nitro groups is 1. The summed E-state index contributed by atoms with van der Waals surface area (Å²) in [6, 6.07) is 0. The summed E-state index contributed by atoms with van der Waals surface area (Å²) in [5.41, 5.74) is 0. The van der Waals surface area contributed by atoms with E-state index in [4.69, 9.17) is 10.1 Å². The van der Waals surface area contributed by atoms with Gasteiger partial charge in [-0.25, -0.2) is 0 Å². The Morgan fingerprint density at radius 3 is 2.00 bits per heavy atom. The fraction of sp³-hybridized carbons (Fsp3) is 0. The van der Waals surface area contributed by atoms with Crippen molar-refractivity contribution in [1.82, 2.24) is 0 Å². The van der Waals surface area contributed by atoms with Gasteiger partial charge in [0.05, 0.1) is 0 Å². The molecule has 0 unspecified atom stereocenters. The third-order valence-electron chi connectivity index (χ3n) is 0. The number of hydrogen-bond donors (Lipinski definition) is 0. The van der Waals surface area contributed by atoms with Crippen molar-refractivity contribution in [2.45, 2.75) is 0 Å². The van der Waals surface area contributed by atoms with Crippen LogP contribution in [0.1, 0.15) is 0 Å². The zero-order valence-electron chi connectivity index (χ0n) is 1.84. The van der Waals surface area contributed by atoms with Gasteiger partial charge < -0.3 is 0 Å². The third kappa shape index (κ3) is 50.2. The third-order valence-corrected chi connectivity index (χ3v) is 0. The van der Waals surface area contributed by atoms with E-state index in [2.05, 4.69) is 0 Å². The molecule has 4 heavy (non-hydrogen) atoms. The fourth-order valence-corrected chi connectivity index (χ4v) is 0. The first-order valence-corrected chi connectivity index (χ1v) is 1.43. The van der Waals surface area contributed by atoms with E-state index in [9.17, 15) is 0 Å². The maximum absolute atomic E-state index is 8.83. The first-order valence-electron chi connectivity index (χ1n) is 0.623. The second-order valence-electron chi connectivity index (χ2n) is 0.285. The molecule has 0 atom stereocenters. The Labute approximate surface area is 38.1 Å². The van der Waals surface area contributed by atoms with Crippen molar-refractivity contribution in [3.05, 3.63) is 10.1 Å².